The van der Waals surface area contributed by atoms with Gasteiger partial charge in [0.2, 0.25) is 0 Å². The molecule has 0 aliphatic heterocycles. The summed E-state index contributed by atoms with van der Waals surface area (Å²) in [6.07, 6.45) is 6.26. The van der Waals surface area contributed by atoms with E-state index in [0.717, 1.165) is 0 Å². The molecule has 3 aromatic carbocycles. The Morgan fingerprint density at radius 2 is 0.853 bits per heavy atom. The van der Waals surface area contributed by atoms with Gasteiger partial charge in [-0.2, -0.15) is 0 Å². The molecule has 0 bridgehead atoms. The van der Waals surface area contributed by atoms with Crippen LogP contribution in [0.5, 0.6) is 0 Å². The predicted octanol–water partition coefficient (Wildman–Crippen LogP) is 11.4. The summed E-state index contributed by atoms with van der Waals surface area (Å²) in [5.41, 5.74) is 4.41. The first-order chi connectivity index (χ1) is 16.7. The van der Waals surface area contributed by atoms with Crippen molar-refractivity contribution in [3.8, 4) is 0 Å². The van der Waals surface area contributed by atoms with Crippen LogP contribution in [-0.2, 0) is 0 Å². The molecule has 0 N–H and O–H groups in total. The monoisotopic (exact) mass is 460 g/mol. The van der Waals surface area contributed by atoms with Crippen molar-refractivity contribution in [2.45, 2.75) is 105 Å². The fourth-order valence-electron chi connectivity index (χ4n) is 4.11. The molecule has 0 aromatic heterocycles. The molecule has 0 saturated carbocycles. The van der Waals surface area contributed by atoms with Gasteiger partial charge in [-0.25, -0.2) is 0 Å². The van der Waals surface area contributed by atoms with Gasteiger partial charge < -0.3 is 0 Å². The third-order valence-electron chi connectivity index (χ3n) is 5.84. The molecule has 0 saturated heterocycles. The molecule has 188 valence electrons. The maximum Gasteiger partial charge on any atom is -0.0156 e. The van der Waals surface area contributed by atoms with Crippen LogP contribution in [0.15, 0.2) is 91.0 Å². The summed E-state index contributed by atoms with van der Waals surface area (Å²) in [5.74, 6) is 1.85. The molecule has 0 amide bonds. The smallest absolute Gasteiger partial charge is 0.0156 e. The Balaban J connectivity index is 0.00000141. The van der Waals surface area contributed by atoms with Crippen molar-refractivity contribution in [3.05, 3.63) is 108 Å². The summed E-state index contributed by atoms with van der Waals surface area (Å²) in [5, 5.41) is 0. The zero-order chi connectivity index (χ0) is 25.6. The number of hydrogen-bond donors (Lipinski definition) is 0. The van der Waals surface area contributed by atoms with Crippen LogP contribution in [0.3, 0.4) is 0 Å². The highest BCUT2D eigenvalue weighted by Crippen LogP contribution is 2.34. The lowest BCUT2D eigenvalue weighted by atomic mass is 9.82. The van der Waals surface area contributed by atoms with E-state index >= 15 is 0 Å². The van der Waals surface area contributed by atoms with Crippen LogP contribution >= 0.6 is 0 Å². The summed E-state index contributed by atoms with van der Waals surface area (Å²) in [6, 6.07) is 33.0. The Morgan fingerprint density at radius 3 is 1.26 bits per heavy atom. The number of benzene rings is 3. The number of rotatable bonds is 9. The van der Waals surface area contributed by atoms with Gasteiger partial charge in [0.05, 0.1) is 0 Å². The van der Waals surface area contributed by atoms with E-state index in [4.69, 9.17) is 0 Å². The van der Waals surface area contributed by atoms with Gasteiger partial charge in [-0.15, -0.1) is 0 Å². The van der Waals surface area contributed by atoms with Gasteiger partial charge in [-0.1, -0.05) is 159 Å². The Bertz CT molecular complexity index is 776. The highest BCUT2D eigenvalue weighted by molar-refractivity contribution is 5.23. The van der Waals surface area contributed by atoms with Crippen molar-refractivity contribution in [3.63, 3.8) is 0 Å². The zero-order valence-electron chi connectivity index (χ0n) is 23.4. The molecule has 0 radical (unpaired) electrons. The minimum absolute atomic E-state index is 0.586. The average molecular weight is 461 g/mol. The van der Waals surface area contributed by atoms with Crippen molar-refractivity contribution in [2.75, 3.05) is 0 Å². The van der Waals surface area contributed by atoms with Gasteiger partial charge >= 0.3 is 0 Å². The van der Waals surface area contributed by atoms with E-state index in [0.29, 0.717) is 17.8 Å². The molecule has 3 atom stereocenters. The van der Waals surface area contributed by atoms with Gasteiger partial charge in [-0.05, 0) is 53.7 Å². The van der Waals surface area contributed by atoms with Gasteiger partial charge in [0.15, 0.2) is 0 Å². The second kappa shape index (κ2) is 21.2. The standard InChI is InChI=1S/C27H32.C3H8.2C2H6/c1-22(24-14-6-3-7-15-24)13-12-20-27(26-18-10-5-11-19-26)21-23(2)25-16-8-4-9-17-25;1-3-2;2*1-2/h3-11,14-19,22-23,27H,12-13,20-21H2,1-2H3;3H2,1-2H3;2*1-2H3. The molecule has 0 heteroatoms. The van der Waals surface area contributed by atoms with E-state index in [9.17, 15) is 0 Å². The quantitative estimate of drug-likeness (QED) is 0.298. The van der Waals surface area contributed by atoms with E-state index in [2.05, 4.69) is 119 Å². The second-order valence-corrected chi connectivity index (χ2v) is 8.60. The van der Waals surface area contributed by atoms with E-state index in [1.807, 2.05) is 27.7 Å². The molecular weight excluding hydrogens is 408 g/mol. The van der Waals surface area contributed by atoms with E-state index in [1.54, 1.807) is 0 Å². The summed E-state index contributed by atoms with van der Waals surface area (Å²) < 4.78 is 0. The first-order valence-electron chi connectivity index (χ1n) is 13.8. The lowest BCUT2D eigenvalue weighted by Crippen LogP contribution is -2.06. The minimum atomic E-state index is 0.586. The maximum absolute atomic E-state index is 2.37. The zero-order valence-corrected chi connectivity index (χ0v) is 23.4. The van der Waals surface area contributed by atoms with Crippen LogP contribution < -0.4 is 0 Å². The fourth-order valence-corrected chi connectivity index (χ4v) is 4.11. The second-order valence-electron chi connectivity index (χ2n) is 8.60. The third kappa shape index (κ3) is 12.8. The molecule has 0 fully saturated rings. The Labute approximate surface area is 212 Å². The lowest BCUT2D eigenvalue weighted by molar-refractivity contribution is 0.486. The SMILES string of the molecule is CC.CC.CC(CCCC(CC(C)c1ccccc1)c1ccccc1)c1ccccc1.CCC. The molecule has 3 unspecified atom stereocenters. The van der Waals surface area contributed by atoms with Crippen LogP contribution in [0.25, 0.3) is 0 Å². The van der Waals surface area contributed by atoms with E-state index in [-0.39, 0.29) is 0 Å². The lowest BCUT2D eigenvalue weighted by Gasteiger charge is -2.23. The molecule has 34 heavy (non-hydrogen) atoms. The summed E-state index contributed by atoms with van der Waals surface area (Å²) >= 11 is 0. The predicted molar refractivity (Wildman–Crippen MR) is 156 cm³/mol. The van der Waals surface area contributed by atoms with Crippen LogP contribution in [-0.4, -0.2) is 0 Å². The van der Waals surface area contributed by atoms with Crippen molar-refractivity contribution in [1.82, 2.24) is 0 Å². The highest BCUT2D eigenvalue weighted by atomic mass is 14.2. The van der Waals surface area contributed by atoms with E-state index < -0.39 is 0 Å². The summed E-state index contributed by atoms with van der Waals surface area (Å²) in [4.78, 5) is 0. The molecule has 0 nitrogen and oxygen atoms in total. The van der Waals surface area contributed by atoms with Gasteiger partial charge in [-0.3, -0.25) is 0 Å². The van der Waals surface area contributed by atoms with Crippen LogP contribution in [0.2, 0.25) is 0 Å². The number of hydrogen-bond acceptors (Lipinski definition) is 0. The van der Waals surface area contributed by atoms with Crippen molar-refractivity contribution >= 4 is 0 Å². The molecular formula is C34H52. The van der Waals surface area contributed by atoms with Crippen LogP contribution in [0.4, 0.5) is 0 Å². The van der Waals surface area contributed by atoms with Crippen molar-refractivity contribution in [2.24, 2.45) is 0 Å². The first-order valence-corrected chi connectivity index (χ1v) is 13.8. The van der Waals surface area contributed by atoms with Gasteiger partial charge in [0.25, 0.3) is 0 Å². The minimum Gasteiger partial charge on any atom is -0.0683 e. The molecule has 0 heterocycles. The van der Waals surface area contributed by atoms with Crippen LogP contribution in [0, 0.1) is 0 Å². The van der Waals surface area contributed by atoms with Gasteiger partial charge in [0.1, 0.15) is 0 Å². The Hall–Kier alpha value is -2.34. The average Bonchev–Trinajstić information content (AvgIpc) is 2.92. The highest BCUT2D eigenvalue weighted by Gasteiger charge is 2.17. The first kappa shape index (κ1) is 31.7. The molecule has 0 aliphatic rings. The molecule has 0 spiro atoms. The van der Waals surface area contributed by atoms with Crippen molar-refractivity contribution in [1.29, 1.82) is 0 Å². The molecule has 0 aliphatic carbocycles. The third-order valence-corrected chi connectivity index (χ3v) is 5.84. The topological polar surface area (TPSA) is 0 Å². The molecule has 3 aromatic rings. The fraction of sp³-hybridized carbons (Fsp3) is 0.471. The molecule has 3 rings (SSSR count). The summed E-state index contributed by atoms with van der Waals surface area (Å²) in [6.45, 7) is 17.0. The van der Waals surface area contributed by atoms with Crippen molar-refractivity contribution < 1.29 is 0 Å². The van der Waals surface area contributed by atoms with Gasteiger partial charge in [0, 0.05) is 0 Å². The van der Waals surface area contributed by atoms with E-state index in [1.165, 1.54) is 48.8 Å². The van der Waals surface area contributed by atoms with Crippen LogP contribution in [0.1, 0.15) is 122 Å². The Kier molecular flexibility index (Phi) is 19.8. The summed E-state index contributed by atoms with van der Waals surface area (Å²) in [7, 11) is 0. The normalized spacial score (nSPS) is 12.4. The Morgan fingerprint density at radius 1 is 0.500 bits per heavy atom. The maximum atomic E-state index is 2.37. The largest absolute Gasteiger partial charge is 0.0683 e.